The molecule has 0 radical (unpaired) electrons. The highest BCUT2D eigenvalue weighted by atomic mass is 32.2. The second kappa shape index (κ2) is 14.3. The van der Waals surface area contributed by atoms with E-state index in [1.54, 1.807) is 37.7 Å². The van der Waals surface area contributed by atoms with Crippen LogP contribution in [-0.2, 0) is 14.8 Å². The molecule has 0 saturated carbocycles. The van der Waals surface area contributed by atoms with Crippen LogP contribution >= 0.6 is 23.1 Å². The highest BCUT2D eigenvalue weighted by molar-refractivity contribution is 8.01. The van der Waals surface area contributed by atoms with Crippen LogP contribution in [0.2, 0.25) is 0 Å². The van der Waals surface area contributed by atoms with Gasteiger partial charge in [-0.25, -0.2) is 13.4 Å². The van der Waals surface area contributed by atoms with Crippen LogP contribution in [0.5, 0.6) is 0 Å². The van der Waals surface area contributed by atoms with Gasteiger partial charge in [-0.2, -0.15) is 4.72 Å². The first-order valence-corrected chi connectivity index (χ1v) is 15.3. The van der Waals surface area contributed by atoms with Crippen molar-refractivity contribution in [1.29, 1.82) is 0 Å². The summed E-state index contributed by atoms with van der Waals surface area (Å²) in [5.41, 5.74) is 0.767. The minimum absolute atomic E-state index is 0.0665. The van der Waals surface area contributed by atoms with Gasteiger partial charge in [-0.3, -0.25) is 4.79 Å². The number of carboxylic acids is 1. The Bertz CT molecular complexity index is 973. The molecule has 186 valence electrons. The fourth-order valence-corrected chi connectivity index (χ4v) is 7.18. The summed E-state index contributed by atoms with van der Waals surface area (Å²) in [5, 5.41) is 9.29. The van der Waals surface area contributed by atoms with Gasteiger partial charge in [0.25, 0.3) is 0 Å². The van der Waals surface area contributed by atoms with E-state index in [2.05, 4.69) is 16.6 Å². The predicted octanol–water partition coefficient (Wildman–Crippen LogP) is 6.70. The van der Waals surface area contributed by atoms with Gasteiger partial charge in [-0.15, -0.1) is 11.3 Å². The van der Waals surface area contributed by atoms with Crippen LogP contribution in [0.15, 0.2) is 27.4 Å². The lowest BCUT2D eigenvalue weighted by atomic mass is 10.1. The largest absolute Gasteiger partial charge is 0.480 e. The van der Waals surface area contributed by atoms with E-state index in [0.29, 0.717) is 0 Å². The van der Waals surface area contributed by atoms with Crippen molar-refractivity contribution >= 4 is 49.3 Å². The molecule has 1 aromatic carbocycles. The monoisotopic (exact) mass is 514 g/mol. The molecule has 1 aromatic heterocycles. The third kappa shape index (κ3) is 9.54. The number of nitrogens with one attached hydrogen (secondary N) is 1. The first-order valence-electron chi connectivity index (χ1n) is 12.0. The highest BCUT2D eigenvalue weighted by Gasteiger charge is 2.28. The van der Waals surface area contributed by atoms with E-state index >= 15 is 0 Å². The van der Waals surface area contributed by atoms with Gasteiger partial charge in [-0.1, -0.05) is 90.3 Å². The van der Waals surface area contributed by atoms with E-state index in [-0.39, 0.29) is 10.8 Å². The molecular formula is C24H38N2O4S3. The van der Waals surface area contributed by atoms with E-state index in [4.69, 9.17) is 0 Å². The smallest absolute Gasteiger partial charge is 0.322 e. The fourth-order valence-electron chi connectivity index (χ4n) is 3.57. The molecule has 6 nitrogen and oxygen atoms in total. The third-order valence-electron chi connectivity index (χ3n) is 5.59. The van der Waals surface area contributed by atoms with Crippen LogP contribution < -0.4 is 4.72 Å². The second-order valence-corrected chi connectivity index (χ2v) is 12.9. The highest BCUT2D eigenvalue weighted by Crippen LogP contribution is 2.31. The van der Waals surface area contributed by atoms with Gasteiger partial charge in [0.1, 0.15) is 6.04 Å². The Balaban J connectivity index is 1.81. The van der Waals surface area contributed by atoms with E-state index in [9.17, 15) is 18.3 Å². The zero-order chi connectivity index (χ0) is 24.3. The van der Waals surface area contributed by atoms with Crippen molar-refractivity contribution in [3.63, 3.8) is 0 Å². The van der Waals surface area contributed by atoms with E-state index in [1.165, 1.54) is 75.2 Å². The molecule has 0 aliphatic rings. The molecule has 0 fully saturated rings. The van der Waals surface area contributed by atoms with Crippen LogP contribution in [-0.4, -0.2) is 36.3 Å². The molecule has 0 aliphatic carbocycles. The Morgan fingerprint density at radius 3 is 2.24 bits per heavy atom. The number of nitrogens with zero attached hydrogens (tertiary/aromatic N) is 1. The van der Waals surface area contributed by atoms with Crippen molar-refractivity contribution in [3.8, 4) is 0 Å². The number of thioether (sulfide) groups is 1. The summed E-state index contributed by atoms with van der Waals surface area (Å²) in [6.07, 6.45) is 13.1. The zero-order valence-electron chi connectivity index (χ0n) is 20.0. The van der Waals surface area contributed by atoms with Gasteiger partial charge < -0.3 is 5.11 Å². The Morgan fingerprint density at radius 1 is 1.06 bits per heavy atom. The lowest BCUT2D eigenvalue weighted by molar-refractivity contribution is -0.140. The third-order valence-corrected chi connectivity index (χ3v) is 9.28. The molecule has 0 bridgehead atoms. The SMILES string of the molecule is CCCCCCCCCCCCSc1nc2ccc(S(=O)(=O)N[C@@H](C(=O)O)C(C)C)cc2s1. The molecule has 0 spiro atoms. The number of thiazole rings is 1. The first-order chi connectivity index (χ1) is 15.7. The van der Waals surface area contributed by atoms with Crippen LogP contribution in [0.4, 0.5) is 0 Å². The van der Waals surface area contributed by atoms with Gasteiger partial charge in [0, 0.05) is 5.75 Å². The van der Waals surface area contributed by atoms with Crippen LogP contribution in [0.25, 0.3) is 10.2 Å². The molecule has 0 saturated heterocycles. The van der Waals surface area contributed by atoms with Crippen molar-refractivity contribution in [2.75, 3.05) is 5.75 Å². The molecule has 0 amide bonds. The average molecular weight is 515 g/mol. The maximum atomic E-state index is 12.7. The number of aliphatic carboxylic acids is 1. The van der Waals surface area contributed by atoms with Crippen molar-refractivity contribution in [3.05, 3.63) is 18.2 Å². The Morgan fingerprint density at radius 2 is 1.67 bits per heavy atom. The normalized spacial score (nSPS) is 13.1. The fraction of sp³-hybridized carbons (Fsp3) is 0.667. The minimum Gasteiger partial charge on any atom is -0.480 e. The molecule has 33 heavy (non-hydrogen) atoms. The number of benzene rings is 1. The second-order valence-electron chi connectivity index (χ2n) is 8.82. The molecule has 1 heterocycles. The molecule has 2 aromatic rings. The van der Waals surface area contributed by atoms with Gasteiger partial charge in [0.2, 0.25) is 10.0 Å². The maximum absolute atomic E-state index is 12.7. The summed E-state index contributed by atoms with van der Waals surface area (Å²) >= 11 is 3.20. The number of fused-ring (bicyclic) bond motifs is 1. The van der Waals surface area contributed by atoms with Gasteiger partial charge in [-0.05, 0) is 30.5 Å². The van der Waals surface area contributed by atoms with Crippen LogP contribution in [0, 0.1) is 5.92 Å². The van der Waals surface area contributed by atoms with Gasteiger partial charge >= 0.3 is 5.97 Å². The molecular weight excluding hydrogens is 476 g/mol. The average Bonchev–Trinajstić information content (AvgIpc) is 3.17. The number of carbonyl (C=O) groups is 1. The van der Waals surface area contributed by atoms with E-state index in [1.807, 2.05) is 0 Å². The summed E-state index contributed by atoms with van der Waals surface area (Å²) in [6.45, 7) is 5.59. The summed E-state index contributed by atoms with van der Waals surface area (Å²) in [7, 11) is -3.93. The number of carboxylic acid groups (broad SMARTS) is 1. The Labute approximate surface area is 207 Å². The number of hydrogen-bond acceptors (Lipinski definition) is 6. The number of rotatable bonds is 17. The van der Waals surface area contributed by atoms with Crippen molar-refractivity contribution in [2.24, 2.45) is 5.92 Å². The molecule has 0 aliphatic heterocycles. The van der Waals surface area contributed by atoms with Crippen molar-refractivity contribution in [1.82, 2.24) is 9.71 Å². The Kier molecular flexibility index (Phi) is 12.2. The Hall–Kier alpha value is -1.16. The van der Waals surface area contributed by atoms with Crippen LogP contribution in [0.1, 0.15) is 85.0 Å². The molecule has 2 N–H and O–H groups in total. The number of aromatic nitrogens is 1. The zero-order valence-corrected chi connectivity index (χ0v) is 22.5. The number of hydrogen-bond donors (Lipinski definition) is 2. The summed E-state index contributed by atoms with van der Waals surface area (Å²) < 4.78 is 29.4. The van der Waals surface area contributed by atoms with Crippen molar-refractivity contribution in [2.45, 2.75) is 100 Å². The lowest BCUT2D eigenvalue weighted by Gasteiger charge is -2.17. The molecule has 0 unspecified atom stereocenters. The first kappa shape index (κ1) is 28.1. The number of sulfonamides is 1. The molecule has 1 atom stereocenters. The maximum Gasteiger partial charge on any atom is 0.322 e. The van der Waals surface area contributed by atoms with E-state index < -0.39 is 22.0 Å². The lowest BCUT2D eigenvalue weighted by Crippen LogP contribution is -2.44. The molecule has 9 heteroatoms. The number of unbranched alkanes of at least 4 members (excludes halogenated alkanes) is 9. The minimum atomic E-state index is -3.93. The van der Waals surface area contributed by atoms with Gasteiger partial charge in [0.05, 0.1) is 15.1 Å². The molecule has 2 rings (SSSR count). The predicted molar refractivity (Wildman–Crippen MR) is 139 cm³/mol. The topological polar surface area (TPSA) is 96.4 Å². The van der Waals surface area contributed by atoms with Crippen molar-refractivity contribution < 1.29 is 18.3 Å². The summed E-state index contributed by atoms with van der Waals surface area (Å²) in [6, 6.07) is 3.59. The summed E-state index contributed by atoms with van der Waals surface area (Å²) in [5.74, 6) is -0.533. The van der Waals surface area contributed by atoms with E-state index in [0.717, 1.165) is 26.7 Å². The standard InChI is InChI=1S/C24H38N2O4S3/c1-4-5-6-7-8-9-10-11-12-13-16-31-24-25-20-15-14-19(17-21(20)32-24)33(29,30)26-22(18(2)3)23(27)28/h14-15,17-18,22,26H,4-13,16H2,1-3H3,(H,27,28)/t22-/m1/s1. The summed E-state index contributed by atoms with van der Waals surface area (Å²) in [4.78, 5) is 16.0. The van der Waals surface area contributed by atoms with Gasteiger partial charge in [0.15, 0.2) is 4.34 Å². The van der Waals surface area contributed by atoms with Crippen LogP contribution in [0.3, 0.4) is 0 Å². The quantitative estimate of drug-likeness (QED) is 0.180.